The molecule has 1 N–H and O–H groups in total. The monoisotopic (exact) mass is 232 g/mol. The Hall–Kier alpha value is -1.35. The summed E-state index contributed by atoms with van der Waals surface area (Å²) in [5.74, 6) is 0. The molecule has 0 aliphatic heterocycles. The minimum atomic E-state index is 0.940. The number of benzene rings is 1. The van der Waals surface area contributed by atoms with Crippen molar-refractivity contribution >= 4 is 17.0 Å². The van der Waals surface area contributed by atoms with E-state index in [4.69, 9.17) is 0 Å². The second-order valence-electron chi connectivity index (χ2n) is 3.93. The lowest BCUT2D eigenvalue weighted by atomic mass is 10.2. The third-order valence-electron chi connectivity index (χ3n) is 2.39. The number of aromatic nitrogens is 1. The van der Waals surface area contributed by atoms with Crippen molar-refractivity contribution in [2.45, 2.75) is 20.3 Å². The SMILES string of the molecule is Cc1ccc(NCCc2nc(C)cs2)cc1. The van der Waals surface area contributed by atoms with E-state index in [1.165, 1.54) is 16.3 Å². The summed E-state index contributed by atoms with van der Waals surface area (Å²) >= 11 is 1.74. The van der Waals surface area contributed by atoms with Crippen molar-refractivity contribution in [1.82, 2.24) is 4.98 Å². The molecule has 0 bridgehead atoms. The summed E-state index contributed by atoms with van der Waals surface area (Å²) in [6, 6.07) is 8.47. The number of hydrogen-bond donors (Lipinski definition) is 1. The van der Waals surface area contributed by atoms with E-state index in [-0.39, 0.29) is 0 Å². The lowest BCUT2D eigenvalue weighted by Gasteiger charge is -2.04. The van der Waals surface area contributed by atoms with Gasteiger partial charge in [-0.05, 0) is 26.0 Å². The normalized spacial score (nSPS) is 10.4. The zero-order chi connectivity index (χ0) is 11.4. The highest BCUT2D eigenvalue weighted by atomic mass is 32.1. The van der Waals surface area contributed by atoms with Crippen LogP contribution in [0.5, 0.6) is 0 Å². The lowest BCUT2D eigenvalue weighted by molar-refractivity contribution is 0.987. The molecule has 0 saturated heterocycles. The number of nitrogens with one attached hydrogen (secondary N) is 1. The zero-order valence-corrected chi connectivity index (χ0v) is 10.5. The van der Waals surface area contributed by atoms with Gasteiger partial charge in [0.1, 0.15) is 0 Å². The largest absolute Gasteiger partial charge is 0.385 e. The maximum atomic E-state index is 4.43. The second kappa shape index (κ2) is 5.12. The van der Waals surface area contributed by atoms with E-state index in [1.807, 2.05) is 6.92 Å². The van der Waals surface area contributed by atoms with Gasteiger partial charge in [-0.15, -0.1) is 11.3 Å². The molecule has 2 nitrogen and oxygen atoms in total. The average Bonchev–Trinajstić information content (AvgIpc) is 2.67. The van der Waals surface area contributed by atoms with Crippen molar-refractivity contribution < 1.29 is 0 Å². The van der Waals surface area contributed by atoms with Crippen molar-refractivity contribution in [2.24, 2.45) is 0 Å². The average molecular weight is 232 g/mol. The smallest absolute Gasteiger partial charge is 0.0945 e. The van der Waals surface area contributed by atoms with Crippen molar-refractivity contribution in [3.8, 4) is 0 Å². The van der Waals surface area contributed by atoms with Crippen LogP contribution in [0.2, 0.25) is 0 Å². The molecule has 0 fully saturated rings. The summed E-state index contributed by atoms with van der Waals surface area (Å²) in [4.78, 5) is 4.43. The third-order valence-corrected chi connectivity index (χ3v) is 3.41. The second-order valence-corrected chi connectivity index (χ2v) is 4.87. The highest BCUT2D eigenvalue weighted by Crippen LogP contribution is 2.11. The fourth-order valence-electron chi connectivity index (χ4n) is 1.50. The molecule has 16 heavy (non-hydrogen) atoms. The molecular formula is C13H16N2S. The number of aryl methyl sites for hydroxylation is 2. The van der Waals surface area contributed by atoms with E-state index >= 15 is 0 Å². The Morgan fingerprint density at radius 3 is 2.56 bits per heavy atom. The van der Waals surface area contributed by atoms with Gasteiger partial charge in [-0.25, -0.2) is 4.98 Å². The summed E-state index contributed by atoms with van der Waals surface area (Å²) in [5.41, 5.74) is 3.59. The third kappa shape index (κ3) is 3.07. The fraction of sp³-hybridized carbons (Fsp3) is 0.308. The zero-order valence-electron chi connectivity index (χ0n) is 9.66. The number of hydrogen-bond acceptors (Lipinski definition) is 3. The molecule has 0 spiro atoms. The lowest BCUT2D eigenvalue weighted by Crippen LogP contribution is -2.04. The molecule has 0 radical (unpaired) electrons. The Bertz CT molecular complexity index is 445. The van der Waals surface area contributed by atoms with Gasteiger partial charge in [-0.3, -0.25) is 0 Å². The summed E-state index contributed by atoms with van der Waals surface area (Å²) in [6.45, 7) is 5.07. The van der Waals surface area contributed by atoms with Crippen LogP contribution >= 0.6 is 11.3 Å². The van der Waals surface area contributed by atoms with Crippen LogP contribution in [0.3, 0.4) is 0 Å². The van der Waals surface area contributed by atoms with Gasteiger partial charge in [-0.2, -0.15) is 0 Å². The van der Waals surface area contributed by atoms with Crippen molar-refractivity contribution in [3.63, 3.8) is 0 Å². The van der Waals surface area contributed by atoms with E-state index in [9.17, 15) is 0 Å². The van der Waals surface area contributed by atoms with Gasteiger partial charge >= 0.3 is 0 Å². The maximum absolute atomic E-state index is 4.43. The van der Waals surface area contributed by atoms with E-state index in [2.05, 4.69) is 46.9 Å². The Balaban J connectivity index is 1.82. The fourth-order valence-corrected chi connectivity index (χ4v) is 2.28. The Morgan fingerprint density at radius 2 is 1.94 bits per heavy atom. The first kappa shape index (κ1) is 11.1. The molecule has 2 rings (SSSR count). The molecule has 0 atom stereocenters. The predicted octanol–water partition coefficient (Wildman–Crippen LogP) is 3.41. The van der Waals surface area contributed by atoms with E-state index < -0.39 is 0 Å². The Kier molecular flexibility index (Phi) is 3.57. The molecule has 0 amide bonds. The van der Waals surface area contributed by atoms with Crippen LogP contribution in [0.25, 0.3) is 0 Å². The summed E-state index contributed by atoms with van der Waals surface area (Å²) < 4.78 is 0. The summed E-state index contributed by atoms with van der Waals surface area (Å²) in [7, 11) is 0. The molecule has 1 heterocycles. The molecule has 1 aromatic heterocycles. The maximum Gasteiger partial charge on any atom is 0.0945 e. The molecule has 2 aromatic rings. The van der Waals surface area contributed by atoms with E-state index in [0.717, 1.165) is 18.7 Å². The number of anilines is 1. The molecule has 0 aliphatic rings. The van der Waals surface area contributed by atoms with Gasteiger partial charge in [-0.1, -0.05) is 17.7 Å². The van der Waals surface area contributed by atoms with Crippen LogP contribution < -0.4 is 5.32 Å². The number of thiazole rings is 1. The molecule has 0 saturated carbocycles. The molecule has 84 valence electrons. The molecule has 3 heteroatoms. The van der Waals surface area contributed by atoms with Gasteiger partial charge in [0.2, 0.25) is 0 Å². The van der Waals surface area contributed by atoms with Crippen LogP contribution in [0.4, 0.5) is 5.69 Å². The summed E-state index contributed by atoms with van der Waals surface area (Å²) in [6.07, 6.45) is 0.992. The number of rotatable bonds is 4. The van der Waals surface area contributed by atoms with Crippen molar-refractivity contribution in [3.05, 3.63) is 45.9 Å². The van der Waals surface area contributed by atoms with Gasteiger partial charge in [0, 0.05) is 29.7 Å². The minimum Gasteiger partial charge on any atom is -0.385 e. The molecule has 0 aliphatic carbocycles. The Labute approximate surface area is 100 Å². The quantitative estimate of drug-likeness (QED) is 0.873. The van der Waals surface area contributed by atoms with Crippen molar-refractivity contribution in [1.29, 1.82) is 0 Å². The topological polar surface area (TPSA) is 24.9 Å². The minimum absolute atomic E-state index is 0.940. The molecule has 1 aromatic carbocycles. The summed E-state index contributed by atoms with van der Waals surface area (Å²) in [5, 5.41) is 6.70. The van der Waals surface area contributed by atoms with Crippen molar-refractivity contribution in [2.75, 3.05) is 11.9 Å². The Morgan fingerprint density at radius 1 is 1.19 bits per heavy atom. The first-order valence-electron chi connectivity index (χ1n) is 5.45. The standard InChI is InChI=1S/C13H16N2S/c1-10-3-5-12(6-4-10)14-8-7-13-15-11(2)9-16-13/h3-6,9,14H,7-8H2,1-2H3. The van der Waals surface area contributed by atoms with Crippen LogP contribution in [0, 0.1) is 13.8 Å². The van der Waals surface area contributed by atoms with Crippen LogP contribution in [-0.2, 0) is 6.42 Å². The van der Waals surface area contributed by atoms with E-state index in [0.29, 0.717) is 0 Å². The van der Waals surface area contributed by atoms with Gasteiger partial charge in [0.15, 0.2) is 0 Å². The molecular weight excluding hydrogens is 216 g/mol. The first-order valence-corrected chi connectivity index (χ1v) is 6.33. The van der Waals surface area contributed by atoms with Gasteiger partial charge in [0.25, 0.3) is 0 Å². The van der Waals surface area contributed by atoms with E-state index in [1.54, 1.807) is 11.3 Å². The molecule has 0 unspecified atom stereocenters. The van der Waals surface area contributed by atoms with Crippen LogP contribution in [0.1, 0.15) is 16.3 Å². The highest BCUT2D eigenvalue weighted by Gasteiger charge is 1.98. The van der Waals surface area contributed by atoms with Crippen LogP contribution in [0.15, 0.2) is 29.6 Å². The predicted molar refractivity (Wildman–Crippen MR) is 70.2 cm³/mol. The number of nitrogens with zero attached hydrogens (tertiary/aromatic N) is 1. The first-order chi connectivity index (χ1) is 7.74. The highest BCUT2D eigenvalue weighted by molar-refractivity contribution is 7.09. The van der Waals surface area contributed by atoms with Crippen LogP contribution in [-0.4, -0.2) is 11.5 Å². The van der Waals surface area contributed by atoms with Gasteiger partial charge < -0.3 is 5.32 Å². The van der Waals surface area contributed by atoms with Gasteiger partial charge in [0.05, 0.1) is 5.01 Å².